The van der Waals surface area contributed by atoms with E-state index < -0.39 is 0 Å². The lowest BCUT2D eigenvalue weighted by atomic mass is 9.94. The number of phenols is 1. The fourth-order valence-electron chi connectivity index (χ4n) is 3.51. The zero-order valence-electron chi connectivity index (χ0n) is 16.6. The molecule has 1 fully saturated rings. The van der Waals surface area contributed by atoms with Crippen molar-refractivity contribution in [1.29, 1.82) is 0 Å². The van der Waals surface area contributed by atoms with E-state index in [0.717, 1.165) is 5.56 Å². The molecule has 0 saturated carbocycles. The number of rotatable bonds is 5. The molecule has 2 aromatic rings. The second kappa shape index (κ2) is 9.29. The molecule has 3 N–H and O–H groups in total. The quantitative estimate of drug-likeness (QED) is 0.644. The highest BCUT2D eigenvalue weighted by atomic mass is 35.5. The van der Waals surface area contributed by atoms with Crippen molar-refractivity contribution in [2.45, 2.75) is 32.7 Å². The number of nitrogens with zero attached hydrogens (tertiary/aromatic N) is 1. The molecule has 1 heterocycles. The first kappa shape index (κ1) is 21.1. The highest BCUT2D eigenvalue weighted by Crippen LogP contribution is 2.26. The predicted molar refractivity (Wildman–Crippen MR) is 115 cm³/mol. The fourth-order valence-corrected chi connectivity index (χ4v) is 3.68. The van der Waals surface area contributed by atoms with Crippen molar-refractivity contribution in [1.82, 2.24) is 4.90 Å². The number of carbonyl (C=O) groups excluding carboxylic acids is 2. The fraction of sp³-hybridized carbons (Fsp3) is 0.364. The van der Waals surface area contributed by atoms with E-state index in [4.69, 9.17) is 11.6 Å². The maximum Gasteiger partial charge on any atom is 0.241 e. The zero-order valence-corrected chi connectivity index (χ0v) is 17.4. The molecule has 0 aromatic heterocycles. The van der Waals surface area contributed by atoms with Gasteiger partial charge >= 0.3 is 0 Å². The lowest BCUT2D eigenvalue weighted by Crippen LogP contribution is -2.47. The third-order valence-corrected chi connectivity index (χ3v) is 5.92. The van der Waals surface area contributed by atoms with E-state index in [1.807, 2.05) is 26.0 Å². The van der Waals surface area contributed by atoms with Gasteiger partial charge in [0.1, 0.15) is 5.75 Å². The summed E-state index contributed by atoms with van der Waals surface area (Å²) in [4.78, 5) is 27.3. The van der Waals surface area contributed by atoms with Crippen molar-refractivity contribution in [3.05, 3.63) is 53.1 Å². The van der Waals surface area contributed by atoms with Crippen LogP contribution in [-0.2, 0) is 9.59 Å². The smallest absolute Gasteiger partial charge is 0.241 e. The summed E-state index contributed by atoms with van der Waals surface area (Å²) in [6.07, 6.45) is 1.32. The molecule has 0 radical (unpaired) electrons. The van der Waals surface area contributed by atoms with Crippen molar-refractivity contribution >= 4 is 34.8 Å². The molecular weight excluding hydrogens is 390 g/mol. The Hall–Kier alpha value is -2.57. The summed E-state index contributed by atoms with van der Waals surface area (Å²) in [6, 6.07) is 11.8. The Morgan fingerprint density at radius 2 is 1.72 bits per heavy atom. The Morgan fingerprint density at radius 1 is 1.07 bits per heavy atom. The van der Waals surface area contributed by atoms with E-state index in [2.05, 4.69) is 15.5 Å². The molecule has 0 aliphatic carbocycles. The average molecular weight is 416 g/mol. The molecule has 29 heavy (non-hydrogen) atoms. The van der Waals surface area contributed by atoms with Gasteiger partial charge in [-0.1, -0.05) is 29.8 Å². The number of aromatic hydroxyl groups is 1. The molecule has 0 unspecified atom stereocenters. The minimum atomic E-state index is -0.310. The van der Waals surface area contributed by atoms with Crippen molar-refractivity contribution in [2.24, 2.45) is 5.92 Å². The van der Waals surface area contributed by atoms with Crippen molar-refractivity contribution in [3.63, 3.8) is 0 Å². The van der Waals surface area contributed by atoms with Crippen molar-refractivity contribution < 1.29 is 14.7 Å². The van der Waals surface area contributed by atoms with E-state index in [0.29, 0.717) is 42.3 Å². The summed E-state index contributed by atoms with van der Waals surface area (Å²) >= 11 is 6.12. The minimum absolute atomic E-state index is 0.0555. The number of halogens is 1. The van der Waals surface area contributed by atoms with E-state index in [1.165, 1.54) is 0 Å². The van der Waals surface area contributed by atoms with Crippen LogP contribution in [0.2, 0.25) is 5.02 Å². The van der Waals surface area contributed by atoms with Gasteiger partial charge < -0.3 is 15.7 Å². The van der Waals surface area contributed by atoms with Crippen molar-refractivity contribution in [3.8, 4) is 5.75 Å². The van der Waals surface area contributed by atoms with Gasteiger partial charge in [-0.25, -0.2) is 0 Å². The van der Waals surface area contributed by atoms with E-state index in [1.54, 1.807) is 30.3 Å². The van der Waals surface area contributed by atoms with Gasteiger partial charge in [-0.2, -0.15) is 0 Å². The van der Waals surface area contributed by atoms with E-state index in [9.17, 15) is 14.7 Å². The average Bonchev–Trinajstić information content (AvgIpc) is 2.72. The molecule has 2 amide bonds. The van der Waals surface area contributed by atoms with Crippen LogP contribution in [0, 0.1) is 12.8 Å². The van der Waals surface area contributed by atoms with Gasteiger partial charge in [0.25, 0.3) is 0 Å². The maximum atomic E-state index is 12.7. The van der Waals surface area contributed by atoms with E-state index >= 15 is 0 Å². The number of hydrogen-bond acceptors (Lipinski definition) is 4. The number of hydrogen-bond donors (Lipinski definition) is 3. The van der Waals surface area contributed by atoms with Gasteiger partial charge in [-0.05, 0) is 69.6 Å². The molecule has 2 aromatic carbocycles. The minimum Gasteiger partial charge on any atom is -0.506 e. The van der Waals surface area contributed by atoms with Gasteiger partial charge in [0.2, 0.25) is 11.8 Å². The highest BCUT2D eigenvalue weighted by molar-refractivity contribution is 6.31. The summed E-state index contributed by atoms with van der Waals surface area (Å²) in [6.45, 7) is 5.05. The first-order valence-corrected chi connectivity index (χ1v) is 10.1. The monoisotopic (exact) mass is 415 g/mol. The SMILES string of the molecule is Cc1c(Cl)cccc1NC(=O)[C@H](C)N1CCC(C(=O)Nc2ccccc2O)CC1. The number of nitrogens with one attached hydrogen (secondary N) is 2. The Kier molecular flexibility index (Phi) is 6.77. The molecule has 1 saturated heterocycles. The third kappa shape index (κ3) is 5.08. The topological polar surface area (TPSA) is 81.7 Å². The molecule has 1 aliphatic heterocycles. The molecule has 0 spiro atoms. The second-order valence-electron chi connectivity index (χ2n) is 7.39. The Labute approximate surface area is 175 Å². The molecule has 7 heteroatoms. The van der Waals surface area contributed by atoms with Gasteiger partial charge in [0, 0.05) is 16.6 Å². The van der Waals surface area contributed by atoms with Crippen molar-refractivity contribution in [2.75, 3.05) is 23.7 Å². The number of para-hydroxylation sites is 2. The van der Waals surface area contributed by atoms with Gasteiger partial charge in [0.05, 0.1) is 11.7 Å². The first-order chi connectivity index (χ1) is 13.9. The number of piperidine rings is 1. The normalized spacial score (nSPS) is 16.2. The van der Waals surface area contributed by atoms with Crippen LogP contribution >= 0.6 is 11.6 Å². The molecular formula is C22H26ClN3O3. The van der Waals surface area contributed by atoms with Crippen LogP contribution in [0.3, 0.4) is 0 Å². The van der Waals surface area contributed by atoms with Gasteiger partial charge in [-0.15, -0.1) is 0 Å². The lowest BCUT2D eigenvalue weighted by molar-refractivity contribution is -0.123. The molecule has 0 bridgehead atoms. The van der Waals surface area contributed by atoms with Crippen LogP contribution in [0.4, 0.5) is 11.4 Å². The number of carbonyl (C=O) groups is 2. The number of anilines is 2. The van der Waals surface area contributed by atoms with Crippen LogP contribution in [0.1, 0.15) is 25.3 Å². The molecule has 154 valence electrons. The van der Waals surface area contributed by atoms with Crippen LogP contribution < -0.4 is 10.6 Å². The number of likely N-dealkylation sites (tertiary alicyclic amines) is 1. The number of phenolic OH excluding ortho intramolecular Hbond substituents is 1. The molecule has 1 aliphatic rings. The summed E-state index contributed by atoms with van der Waals surface area (Å²) < 4.78 is 0. The zero-order chi connectivity index (χ0) is 21.0. The van der Waals surface area contributed by atoms with Crippen LogP contribution in [-0.4, -0.2) is 41.0 Å². The predicted octanol–water partition coefficient (Wildman–Crippen LogP) is 4.03. The first-order valence-electron chi connectivity index (χ1n) is 9.75. The highest BCUT2D eigenvalue weighted by Gasteiger charge is 2.30. The Morgan fingerprint density at radius 3 is 2.41 bits per heavy atom. The maximum absolute atomic E-state index is 12.7. The summed E-state index contributed by atoms with van der Waals surface area (Å²) in [5.41, 5.74) is 1.98. The standard InChI is InChI=1S/C22H26ClN3O3/c1-14-17(23)6-5-8-18(14)24-21(28)15(2)26-12-10-16(11-13-26)22(29)25-19-7-3-4-9-20(19)27/h3-9,15-16,27H,10-13H2,1-2H3,(H,24,28)(H,25,29)/t15-/m0/s1. The number of amides is 2. The van der Waals surface area contributed by atoms with Crippen LogP contribution in [0.15, 0.2) is 42.5 Å². The molecule has 1 atom stereocenters. The Balaban J connectivity index is 1.53. The molecule has 3 rings (SSSR count). The van der Waals surface area contributed by atoms with E-state index in [-0.39, 0.29) is 29.5 Å². The molecule has 6 nitrogen and oxygen atoms in total. The largest absolute Gasteiger partial charge is 0.506 e. The van der Waals surface area contributed by atoms with Crippen LogP contribution in [0.25, 0.3) is 0 Å². The lowest BCUT2D eigenvalue weighted by Gasteiger charge is -2.34. The second-order valence-corrected chi connectivity index (χ2v) is 7.80. The summed E-state index contributed by atoms with van der Waals surface area (Å²) in [5, 5.41) is 16.2. The number of benzene rings is 2. The third-order valence-electron chi connectivity index (χ3n) is 5.51. The summed E-state index contributed by atoms with van der Waals surface area (Å²) in [5.74, 6) is -0.276. The Bertz CT molecular complexity index is 895. The van der Waals surface area contributed by atoms with Gasteiger partial charge in [-0.3, -0.25) is 14.5 Å². The van der Waals surface area contributed by atoms with Crippen LogP contribution in [0.5, 0.6) is 5.75 Å². The van der Waals surface area contributed by atoms with Gasteiger partial charge in [0.15, 0.2) is 0 Å². The summed E-state index contributed by atoms with van der Waals surface area (Å²) in [7, 11) is 0.